The first-order chi connectivity index (χ1) is 10.6. The van der Waals surface area contributed by atoms with Crippen LogP contribution in [0.5, 0.6) is 0 Å². The van der Waals surface area contributed by atoms with E-state index < -0.39 is 0 Å². The Bertz CT molecular complexity index is 547. The molecule has 0 spiro atoms. The van der Waals surface area contributed by atoms with Crippen LogP contribution in [0.3, 0.4) is 0 Å². The monoisotopic (exact) mass is 305 g/mol. The molecule has 0 N–H and O–H groups in total. The van der Waals surface area contributed by atoms with Crippen molar-refractivity contribution in [3.05, 3.63) is 30.1 Å². The third kappa shape index (κ3) is 3.05. The summed E-state index contributed by atoms with van der Waals surface area (Å²) < 4.78 is 12.9. The first-order valence-corrected chi connectivity index (χ1v) is 7.74. The van der Waals surface area contributed by atoms with Crippen molar-refractivity contribution in [1.29, 1.82) is 0 Å². The highest BCUT2D eigenvalue weighted by Crippen LogP contribution is 2.17. The Labute approximate surface area is 129 Å². The van der Waals surface area contributed by atoms with Crippen LogP contribution < -0.4 is 4.90 Å². The summed E-state index contributed by atoms with van der Waals surface area (Å²) in [6.07, 6.45) is 1.97. The summed E-state index contributed by atoms with van der Waals surface area (Å²) >= 11 is 0. The molecule has 0 unspecified atom stereocenters. The number of rotatable bonds is 1. The number of carbonyl (C=O) groups is 2. The molecule has 0 aromatic heterocycles. The van der Waals surface area contributed by atoms with Crippen molar-refractivity contribution in [3.8, 4) is 0 Å². The summed E-state index contributed by atoms with van der Waals surface area (Å²) in [7, 11) is 0. The standard InChI is InChI=1S/C16H20FN3O2/c17-13-3-5-14(6-4-13)18-9-11-20(12-10-18)16(22)15(21)19-7-1-2-8-19/h3-6H,1-2,7-12H2. The van der Waals surface area contributed by atoms with Crippen LogP contribution in [-0.4, -0.2) is 60.9 Å². The molecule has 3 rings (SSSR count). The van der Waals surface area contributed by atoms with E-state index in [1.54, 1.807) is 21.9 Å². The van der Waals surface area contributed by atoms with Gasteiger partial charge >= 0.3 is 11.8 Å². The van der Waals surface area contributed by atoms with Gasteiger partial charge in [-0.2, -0.15) is 0 Å². The van der Waals surface area contributed by atoms with Gasteiger partial charge in [-0.3, -0.25) is 9.59 Å². The lowest BCUT2D eigenvalue weighted by Crippen LogP contribution is -2.53. The van der Waals surface area contributed by atoms with Crippen LogP contribution in [0.2, 0.25) is 0 Å². The number of piperazine rings is 1. The third-order valence-corrected chi connectivity index (χ3v) is 4.33. The first kappa shape index (κ1) is 14.8. The molecule has 0 atom stereocenters. The van der Waals surface area contributed by atoms with Gasteiger partial charge in [-0.15, -0.1) is 0 Å². The van der Waals surface area contributed by atoms with Gasteiger partial charge in [-0.25, -0.2) is 4.39 Å². The lowest BCUT2D eigenvalue weighted by atomic mass is 10.2. The largest absolute Gasteiger partial charge is 0.368 e. The van der Waals surface area contributed by atoms with Crippen molar-refractivity contribution in [2.75, 3.05) is 44.2 Å². The number of likely N-dealkylation sites (tertiary alicyclic amines) is 1. The van der Waals surface area contributed by atoms with Crippen molar-refractivity contribution >= 4 is 17.5 Å². The number of halogens is 1. The van der Waals surface area contributed by atoms with Crippen LogP contribution in [0.25, 0.3) is 0 Å². The Morgan fingerprint density at radius 1 is 0.773 bits per heavy atom. The zero-order chi connectivity index (χ0) is 15.5. The zero-order valence-corrected chi connectivity index (χ0v) is 12.5. The van der Waals surface area contributed by atoms with E-state index in [-0.39, 0.29) is 17.6 Å². The molecule has 2 amide bonds. The van der Waals surface area contributed by atoms with Crippen molar-refractivity contribution < 1.29 is 14.0 Å². The normalized spacial score (nSPS) is 18.7. The van der Waals surface area contributed by atoms with Gasteiger partial charge in [0.1, 0.15) is 5.82 Å². The van der Waals surface area contributed by atoms with Crippen molar-refractivity contribution in [3.63, 3.8) is 0 Å². The van der Waals surface area contributed by atoms with Crippen LogP contribution in [-0.2, 0) is 9.59 Å². The van der Waals surface area contributed by atoms with Crippen molar-refractivity contribution in [2.24, 2.45) is 0 Å². The van der Waals surface area contributed by atoms with Gasteiger partial charge in [0.05, 0.1) is 0 Å². The number of carbonyl (C=O) groups excluding carboxylic acids is 2. The van der Waals surface area contributed by atoms with Gasteiger partial charge in [0, 0.05) is 45.0 Å². The molecule has 6 heteroatoms. The third-order valence-electron chi connectivity index (χ3n) is 4.33. The summed E-state index contributed by atoms with van der Waals surface area (Å²) in [4.78, 5) is 29.7. The minimum absolute atomic E-state index is 0.256. The van der Waals surface area contributed by atoms with E-state index in [0.29, 0.717) is 39.3 Å². The van der Waals surface area contributed by atoms with Crippen LogP contribution in [0, 0.1) is 5.82 Å². The highest BCUT2D eigenvalue weighted by molar-refractivity contribution is 6.35. The van der Waals surface area contributed by atoms with Gasteiger partial charge in [-0.05, 0) is 37.1 Å². The molecule has 2 aliphatic heterocycles. The van der Waals surface area contributed by atoms with Crippen LogP contribution in [0.15, 0.2) is 24.3 Å². The van der Waals surface area contributed by atoms with Crippen LogP contribution >= 0.6 is 0 Å². The van der Waals surface area contributed by atoms with E-state index in [9.17, 15) is 14.0 Å². The van der Waals surface area contributed by atoms with Gasteiger partial charge in [-0.1, -0.05) is 0 Å². The lowest BCUT2D eigenvalue weighted by molar-refractivity contribution is -0.151. The van der Waals surface area contributed by atoms with Gasteiger partial charge in [0.15, 0.2) is 0 Å². The second-order valence-electron chi connectivity index (χ2n) is 5.75. The predicted octanol–water partition coefficient (Wildman–Crippen LogP) is 1.10. The molecule has 1 aromatic rings. The topological polar surface area (TPSA) is 43.9 Å². The Hall–Kier alpha value is -2.11. The quantitative estimate of drug-likeness (QED) is 0.730. The number of anilines is 1. The molecule has 2 saturated heterocycles. The number of hydrogen-bond donors (Lipinski definition) is 0. The van der Waals surface area contributed by atoms with E-state index in [1.807, 2.05) is 0 Å². The average Bonchev–Trinajstić information content (AvgIpc) is 3.09. The molecule has 0 bridgehead atoms. The summed E-state index contributed by atoms with van der Waals surface area (Å²) in [5.74, 6) is -1.01. The molecule has 2 aliphatic rings. The SMILES string of the molecule is O=C(C(=O)N1CCN(c2ccc(F)cc2)CC1)N1CCCC1. The van der Waals surface area contributed by atoms with Gasteiger partial charge in [0.25, 0.3) is 0 Å². The molecule has 22 heavy (non-hydrogen) atoms. The molecule has 118 valence electrons. The van der Waals surface area contributed by atoms with Gasteiger partial charge < -0.3 is 14.7 Å². The molecule has 0 radical (unpaired) electrons. The second kappa shape index (κ2) is 6.34. The fourth-order valence-corrected chi connectivity index (χ4v) is 3.01. The van der Waals surface area contributed by atoms with E-state index in [0.717, 1.165) is 18.5 Å². The predicted molar refractivity (Wildman–Crippen MR) is 81.0 cm³/mol. The van der Waals surface area contributed by atoms with Crippen molar-refractivity contribution in [2.45, 2.75) is 12.8 Å². The first-order valence-electron chi connectivity index (χ1n) is 7.74. The van der Waals surface area contributed by atoms with E-state index >= 15 is 0 Å². The Kier molecular flexibility index (Phi) is 4.27. The lowest BCUT2D eigenvalue weighted by Gasteiger charge is -2.36. The Morgan fingerprint density at radius 3 is 1.82 bits per heavy atom. The maximum atomic E-state index is 12.9. The summed E-state index contributed by atoms with van der Waals surface area (Å²) in [5.41, 5.74) is 0.944. The van der Waals surface area contributed by atoms with E-state index in [4.69, 9.17) is 0 Å². The Morgan fingerprint density at radius 2 is 1.27 bits per heavy atom. The molecule has 1 aromatic carbocycles. The average molecular weight is 305 g/mol. The van der Waals surface area contributed by atoms with Gasteiger partial charge in [0.2, 0.25) is 0 Å². The summed E-state index contributed by atoms with van der Waals surface area (Å²) in [5, 5.41) is 0. The molecule has 0 saturated carbocycles. The molecule has 0 aliphatic carbocycles. The maximum Gasteiger partial charge on any atom is 0.312 e. The smallest absolute Gasteiger partial charge is 0.312 e. The number of hydrogen-bond acceptors (Lipinski definition) is 3. The summed E-state index contributed by atoms with van der Waals surface area (Å²) in [6, 6.07) is 6.35. The molecule has 5 nitrogen and oxygen atoms in total. The number of nitrogens with zero attached hydrogens (tertiary/aromatic N) is 3. The fourth-order valence-electron chi connectivity index (χ4n) is 3.01. The van der Waals surface area contributed by atoms with Crippen molar-refractivity contribution in [1.82, 2.24) is 9.80 Å². The minimum atomic E-state index is -0.388. The molecule has 2 fully saturated rings. The molecular formula is C16H20FN3O2. The highest BCUT2D eigenvalue weighted by atomic mass is 19.1. The number of amides is 2. The maximum absolute atomic E-state index is 12.9. The fraction of sp³-hybridized carbons (Fsp3) is 0.500. The summed E-state index contributed by atoms with van der Waals surface area (Å²) in [6.45, 7) is 3.75. The van der Waals surface area contributed by atoms with E-state index in [2.05, 4.69) is 4.90 Å². The van der Waals surface area contributed by atoms with Crippen LogP contribution in [0.1, 0.15) is 12.8 Å². The number of benzene rings is 1. The minimum Gasteiger partial charge on any atom is -0.368 e. The molecular weight excluding hydrogens is 285 g/mol. The van der Waals surface area contributed by atoms with Crippen LogP contribution in [0.4, 0.5) is 10.1 Å². The molecule has 2 heterocycles. The second-order valence-corrected chi connectivity index (χ2v) is 5.75. The Balaban J connectivity index is 1.55. The highest BCUT2D eigenvalue weighted by Gasteiger charge is 2.30. The zero-order valence-electron chi connectivity index (χ0n) is 12.5. The van der Waals surface area contributed by atoms with E-state index in [1.165, 1.54) is 12.1 Å².